The molecular weight excluding hydrogens is 260 g/mol. The van der Waals surface area contributed by atoms with E-state index >= 15 is 0 Å². The molecule has 4 nitrogen and oxygen atoms in total. The molecule has 0 saturated carbocycles. The predicted molar refractivity (Wildman–Crippen MR) is 76.4 cm³/mol. The van der Waals surface area contributed by atoms with E-state index in [2.05, 4.69) is 10.6 Å². The molecule has 1 aromatic rings. The molecular formula is C14H14N2O2S. The third-order valence-corrected chi connectivity index (χ3v) is 3.36. The molecule has 5 heteroatoms. The maximum atomic E-state index is 12.4. The summed E-state index contributed by atoms with van der Waals surface area (Å²) < 4.78 is 0. The van der Waals surface area contributed by atoms with Crippen LogP contribution in [0, 0.1) is 0 Å². The van der Waals surface area contributed by atoms with E-state index < -0.39 is 5.41 Å². The lowest BCUT2D eigenvalue weighted by Crippen LogP contribution is -2.64. The maximum absolute atomic E-state index is 12.4. The Morgan fingerprint density at radius 3 is 2.26 bits per heavy atom. The summed E-state index contributed by atoms with van der Waals surface area (Å²) in [4.78, 5) is 24.7. The van der Waals surface area contributed by atoms with Gasteiger partial charge in [-0.25, -0.2) is 0 Å². The zero-order valence-electron chi connectivity index (χ0n) is 10.5. The van der Waals surface area contributed by atoms with Gasteiger partial charge < -0.3 is 10.6 Å². The number of benzene rings is 1. The molecule has 0 unspecified atom stereocenters. The van der Waals surface area contributed by atoms with Gasteiger partial charge in [0.2, 0.25) is 11.8 Å². The van der Waals surface area contributed by atoms with Crippen LogP contribution in [0.2, 0.25) is 0 Å². The Bertz CT molecular complexity index is 532. The van der Waals surface area contributed by atoms with Crippen LogP contribution < -0.4 is 10.6 Å². The van der Waals surface area contributed by atoms with Gasteiger partial charge in [-0.1, -0.05) is 42.5 Å². The van der Waals surface area contributed by atoms with Crippen LogP contribution in [0.25, 0.3) is 0 Å². The Labute approximate surface area is 116 Å². The molecule has 19 heavy (non-hydrogen) atoms. The number of hydrogen-bond donors (Lipinski definition) is 2. The van der Waals surface area contributed by atoms with Crippen molar-refractivity contribution in [2.75, 3.05) is 0 Å². The van der Waals surface area contributed by atoms with Crippen molar-refractivity contribution in [3.8, 4) is 0 Å². The minimum absolute atomic E-state index is 0.0574. The van der Waals surface area contributed by atoms with E-state index in [4.69, 9.17) is 12.2 Å². The van der Waals surface area contributed by atoms with E-state index in [1.807, 2.05) is 19.1 Å². The molecule has 2 rings (SSSR count). The third kappa shape index (κ3) is 2.29. The molecule has 1 saturated heterocycles. The highest BCUT2D eigenvalue weighted by Gasteiger charge is 2.49. The number of allylic oxidation sites excluding steroid dienone is 2. The van der Waals surface area contributed by atoms with E-state index in [0.717, 1.165) is 0 Å². The minimum atomic E-state index is -1.25. The van der Waals surface area contributed by atoms with Crippen LogP contribution in [0.15, 0.2) is 42.5 Å². The molecule has 0 spiro atoms. The lowest BCUT2D eigenvalue weighted by Gasteiger charge is -2.34. The summed E-state index contributed by atoms with van der Waals surface area (Å²) in [5, 5.41) is 5.13. The van der Waals surface area contributed by atoms with Crippen molar-refractivity contribution in [3.63, 3.8) is 0 Å². The van der Waals surface area contributed by atoms with Crippen molar-refractivity contribution in [2.24, 2.45) is 0 Å². The second-order valence-corrected chi connectivity index (χ2v) is 4.69. The highest BCUT2D eigenvalue weighted by molar-refractivity contribution is 7.80. The molecule has 1 fully saturated rings. The number of carbonyl (C=O) groups excluding carboxylic acids is 2. The zero-order valence-corrected chi connectivity index (χ0v) is 11.3. The fourth-order valence-corrected chi connectivity index (χ4v) is 2.32. The Kier molecular flexibility index (Phi) is 3.76. The first-order valence-electron chi connectivity index (χ1n) is 5.95. The van der Waals surface area contributed by atoms with Crippen LogP contribution in [0.3, 0.4) is 0 Å². The van der Waals surface area contributed by atoms with Crippen molar-refractivity contribution in [1.29, 1.82) is 0 Å². The van der Waals surface area contributed by atoms with Gasteiger partial charge in [-0.3, -0.25) is 9.59 Å². The summed E-state index contributed by atoms with van der Waals surface area (Å²) >= 11 is 4.84. The van der Waals surface area contributed by atoms with Gasteiger partial charge in [0.1, 0.15) is 0 Å². The topological polar surface area (TPSA) is 58.2 Å². The monoisotopic (exact) mass is 274 g/mol. The SMILES string of the molecule is C/C=C\CC1(c2ccccc2)C(=O)NC(=S)NC1=O. The minimum Gasteiger partial charge on any atom is -0.302 e. The van der Waals surface area contributed by atoms with Gasteiger partial charge in [0.15, 0.2) is 10.5 Å². The van der Waals surface area contributed by atoms with Crippen molar-refractivity contribution in [1.82, 2.24) is 10.6 Å². The molecule has 0 aliphatic carbocycles. The van der Waals surface area contributed by atoms with Gasteiger partial charge in [0.05, 0.1) is 0 Å². The van der Waals surface area contributed by atoms with Gasteiger partial charge in [-0.05, 0) is 31.1 Å². The van der Waals surface area contributed by atoms with E-state index in [1.165, 1.54) is 0 Å². The maximum Gasteiger partial charge on any atom is 0.246 e. The van der Waals surface area contributed by atoms with Crippen molar-refractivity contribution in [2.45, 2.75) is 18.8 Å². The first kappa shape index (κ1) is 13.4. The normalized spacial score (nSPS) is 18.3. The van der Waals surface area contributed by atoms with Gasteiger partial charge >= 0.3 is 0 Å². The number of rotatable bonds is 3. The van der Waals surface area contributed by atoms with Crippen LogP contribution in [-0.2, 0) is 15.0 Å². The van der Waals surface area contributed by atoms with Crippen LogP contribution in [0.4, 0.5) is 0 Å². The summed E-state index contributed by atoms with van der Waals surface area (Å²) in [6.45, 7) is 1.85. The van der Waals surface area contributed by atoms with E-state index in [-0.39, 0.29) is 16.9 Å². The number of hydrogen-bond acceptors (Lipinski definition) is 3. The smallest absolute Gasteiger partial charge is 0.246 e. The molecule has 0 radical (unpaired) electrons. The molecule has 1 aromatic carbocycles. The second-order valence-electron chi connectivity index (χ2n) is 4.28. The molecule has 2 amide bonds. The molecule has 0 atom stereocenters. The fourth-order valence-electron chi connectivity index (χ4n) is 2.14. The third-order valence-electron chi connectivity index (χ3n) is 3.16. The van der Waals surface area contributed by atoms with Gasteiger partial charge in [0.25, 0.3) is 0 Å². The van der Waals surface area contributed by atoms with Gasteiger partial charge in [-0.2, -0.15) is 0 Å². The Balaban J connectivity index is 2.54. The first-order valence-corrected chi connectivity index (χ1v) is 6.35. The fraction of sp³-hybridized carbons (Fsp3) is 0.214. The number of carbonyl (C=O) groups is 2. The Morgan fingerprint density at radius 2 is 1.74 bits per heavy atom. The number of thiocarbonyl (C=S) groups is 1. The number of nitrogens with one attached hydrogen (secondary N) is 2. The zero-order chi connectivity index (χ0) is 13.9. The quantitative estimate of drug-likeness (QED) is 0.498. The average Bonchev–Trinajstić information content (AvgIpc) is 2.39. The molecule has 0 bridgehead atoms. The Hall–Kier alpha value is -2.01. The van der Waals surface area contributed by atoms with Crippen molar-refractivity contribution in [3.05, 3.63) is 48.0 Å². The molecule has 98 valence electrons. The molecule has 1 aliphatic heterocycles. The highest BCUT2D eigenvalue weighted by atomic mass is 32.1. The van der Waals surface area contributed by atoms with Crippen molar-refractivity contribution < 1.29 is 9.59 Å². The average molecular weight is 274 g/mol. The van der Waals surface area contributed by atoms with Crippen molar-refractivity contribution >= 4 is 29.1 Å². The molecule has 1 heterocycles. The second kappa shape index (κ2) is 5.32. The van der Waals surface area contributed by atoms with Crippen LogP contribution in [0.5, 0.6) is 0 Å². The summed E-state index contributed by atoms with van der Waals surface area (Å²) in [6.07, 6.45) is 3.92. The Morgan fingerprint density at radius 1 is 1.16 bits per heavy atom. The number of amides is 2. The summed E-state index contributed by atoms with van der Waals surface area (Å²) in [5.41, 5.74) is -0.596. The molecule has 0 aromatic heterocycles. The summed E-state index contributed by atoms with van der Waals surface area (Å²) in [6, 6.07) is 9.00. The summed E-state index contributed by atoms with van der Waals surface area (Å²) in [5.74, 6) is -0.767. The first-order chi connectivity index (χ1) is 9.11. The van der Waals surface area contributed by atoms with Gasteiger partial charge in [0, 0.05) is 0 Å². The standard InChI is InChI=1S/C14H14N2O2S/c1-2-3-9-14(10-7-5-4-6-8-10)11(17)15-13(19)16-12(14)18/h2-8H,9H2,1H3,(H2,15,16,17,18,19)/b3-2-. The van der Waals surface area contributed by atoms with Gasteiger partial charge in [-0.15, -0.1) is 0 Å². The highest BCUT2D eigenvalue weighted by Crippen LogP contribution is 2.31. The predicted octanol–water partition coefficient (Wildman–Crippen LogP) is 1.42. The van der Waals surface area contributed by atoms with Crippen LogP contribution in [0.1, 0.15) is 18.9 Å². The lowest BCUT2D eigenvalue weighted by molar-refractivity contribution is -0.137. The van der Waals surface area contributed by atoms with Crippen LogP contribution >= 0.6 is 12.2 Å². The van der Waals surface area contributed by atoms with E-state index in [9.17, 15) is 9.59 Å². The lowest BCUT2D eigenvalue weighted by atomic mass is 9.75. The largest absolute Gasteiger partial charge is 0.302 e. The van der Waals surface area contributed by atoms with E-state index in [0.29, 0.717) is 12.0 Å². The van der Waals surface area contributed by atoms with Crippen LogP contribution in [-0.4, -0.2) is 16.9 Å². The molecule has 2 N–H and O–H groups in total. The van der Waals surface area contributed by atoms with E-state index in [1.54, 1.807) is 30.3 Å². The summed E-state index contributed by atoms with van der Waals surface area (Å²) in [7, 11) is 0. The molecule has 1 aliphatic rings.